The minimum absolute atomic E-state index is 0.000866. The van der Waals surface area contributed by atoms with Crippen molar-refractivity contribution in [2.24, 2.45) is 41.2 Å². The first kappa shape index (κ1) is 43.2. The van der Waals surface area contributed by atoms with Crippen LogP contribution in [-0.2, 0) is 14.2 Å². The number of amides is 1. The van der Waals surface area contributed by atoms with Gasteiger partial charge in [-0.1, -0.05) is 103 Å². The molecule has 1 aromatic carbocycles. The van der Waals surface area contributed by atoms with Crippen LogP contribution in [0.5, 0.6) is 0 Å². The average molecular weight is 712 g/mol. The molecule has 280 valence electrons. The fraction of sp³-hybridized carbons (Fsp3) is 0.610. The molecule has 8 nitrogen and oxygen atoms in total. The van der Waals surface area contributed by atoms with Crippen LogP contribution in [0.25, 0.3) is 17.0 Å². The summed E-state index contributed by atoms with van der Waals surface area (Å²) in [6.07, 6.45) is 11.9. The molecule has 0 aliphatic rings. The van der Waals surface area contributed by atoms with Gasteiger partial charge in [0.1, 0.15) is 18.5 Å². The van der Waals surface area contributed by atoms with Crippen LogP contribution in [0.2, 0.25) is 18.1 Å². The molecule has 0 saturated heterocycles. The highest BCUT2D eigenvalue weighted by Crippen LogP contribution is 2.47. The lowest BCUT2D eigenvalue weighted by atomic mass is 9.71. The minimum Gasteiger partial charge on any atom is -0.445 e. The summed E-state index contributed by atoms with van der Waals surface area (Å²) in [7, 11) is -0.898. The van der Waals surface area contributed by atoms with E-state index in [2.05, 4.69) is 86.6 Å². The summed E-state index contributed by atoms with van der Waals surface area (Å²) in [5.41, 5.74) is 7.98. The summed E-state index contributed by atoms with van der Waals surface area (Å²) in [6.45, 7) is 23.6. The summed E-state index contributed by atoms with van der Waals surface area (Å²) in [5, 5.41) is 0.614. The van der Waals surface area contributed by atoms with E-state index < -0.39 is 14.4 Å². The Morgan fingerprint density at radius 3 is 2.26 bits per heavy atom. The van der Waals surface area contributed by atoms with Gasteiger partial charge in [0.05, 0.1) is 6.10 Å². The van der Waals surface area contributed by atoms with E-state index in [-0.39, 0.29) is 65.2 Å². The Kier molecular flexibility index (Phi) is 16.9. The standard InChI is InChI=1S/C41H65NO7Si/c1-13-14-15-28(3)39(49-40(42)44)32(7)35(25-41(8,9)50(11,12)45)30(5)22-27(2)23-31(6)38(47-26-46-10)29(4)16-17-33-18-19-34-20-21-37(43)48-36(34)24-33/h14-21,23-24,28-32,35,38-39,45H,13,22,25-26H2,1-12H3,(H2,42,44)/b15-14-,17-16-,27-23-/t28?,29?,30-,31-,32-,35+,38-,39-/m0/s1. The SMILES string of the molecule is CC/C=C\C(C)[C@H](OC(N)=O)[C@@H](C)[C@H](CC(C)(C)[Si](C)(C)O)[C@@H](C)C/C(C)=C\[C@H](C)[C@@H](OCOC)C(C)/C=C\c1ccc2ccc(=O)oc2c1. The van der Waals surface area contributed by atoms with Crippen molar-refractivity contribution in [1.82, 2.24) is 0 Å². The Hall–Kier alpha value is -2.98. The topological polar surface area (TPSA) is 121 Å². The lowest BCUT2D eigenvalue weighted by Gasteiger charge is -2.43. The first-order chi connectivity index (χ1) is 23.3. The number of methoxy groups -OCH3 is 1. The van der Waals surface area contributed by atoms with Crippen LogP contribution >= 0.6 is 0 Å². The maximum Gasteiger partial charge on any atom is 0.404 e. The van der Waals surface area contributed by atoms with Gasteiger partial charge in [0, 0.05) is 36.3 Å². The summed E-state index contributed by atoms with van der Waals surface area (Å²) < 4.78 is 22.7. The molecule has 2 unspecified atom stereocenters. The van der Waals surface area contributed by atoms with Gasteiger partial charge < -0.3 is 29.2 Å². The average Bonchev–Trinajstić information content (AvgIpc) is 3.02. The molecule has 0 bridgehead atoms. The number of rotatable bonds is 20. The summed E-state index contributed by atoms with van der Waals surface area (Å²) in [5.74, 6) is 0.503. The van der Waals surface area contributed by atoms with E-state index in [1.807, 2.05) is 37.4 Å². The molecule has 9 heteroatoms. The van der Waals surface area contributed by atoms with Crippen LogP contribution in [0.15, 0.2) is 69.4 Å². The van der Waals surface area contributed by atoms with Crippen molar-refractivity contribution in [3.63, 3.8) is 0 Å². The van der Waals surface area contributed by atoms with Gasteiger partial charge in [-0.2, -0.15) is 0 Å². The number of carbonyl (C=O) groups is 1. The number of hydrogen-bond donors (Lipinski definition) is 2. The van der Waals surface area contributed by atoms with Gasteiger partial charge in [-0.25, -0.2) is 9.59 Å². The molecular formula is C41H65NO7Si. The highest BCUT2D eigenvalue weighted by Gasteiger charge is 2.44. The maximum absolute atomic E-state index is 12.1. The monoisotopic (exact) mass is 711 g/mol. The second-order valence-electron chi connectivity index (χ2n) is 15.6. The van der Waals surface area contributed by atoms with Crippen LogP contribution < -0.4 is 11.4 Å². The third kappa shape index (κ3) is 13.0. The van der Waals surface area contributed by atoms with Gasteiger partial charge in [0.15, 0.2) is 8.32 Å². The van der Waals surface area contributed by atoms with E-state index in [0.717, 1.165) is 30.2 Å². The lowest BCUT2D eigenvalue weighted by molar-refractivity contribution is -0.0947. The molecule has 3 N–H and O–H groups in total. The molecule has 0 fully saturated rings. The van der Waals surface area contributed by atoms with Crippen molar-refractivity contribution in [2.45, 2.75) is 112 Å². The van der Waals surface area contributed by atoms with E-state index in [1.54, 1.807) is 13.2 Å². The van der Waals surface area contributed by atoms with Crippen molar-refractivity contribution >= 4 is 31.5 Å². The Bertz CT molecular complexity index is 1500. The van der Waals surface area contributed by atoms with Gasteiger partial charge in [-0.3, -0.25) is 0 Å². The number of fused-ring (bicyclic) bond motifs is 1. The predicted molar refractivity (Wildman–Crippen MR) is 208 cm³/mol. The first-order valence-corrected chi connectivity index (χ1v) is 21.1. The number of carbonyl (C=O) groups excluding carboxylic acids is 1. The Morgan fingerprint density at radius 1 is 1.02 bits per heavy atom. The predicted octanol–water partition coefficient (Wildman–Crippen LogP) is 9.73. The van der Waals surface area contributed by atoms with Gasteiger partial charge >= 0.3 is 11.7 Å². The van der Waals surface area contributed by atoms with Crippen LogP contribution in [0.4, 0.5) is 4.79 Å². The fourth-order valence-corrected chi connectivity index (χ4v) is 7.76. The maximum atomic E-state index is 12.1. The van der Waals surface area contributed by atoms with E-state index in [1.165, 1.54) is 11.6 Å². The Balaban J connectivity index is 2.37. The summed E-state index contributed by atoms with van der Waals surface area (Å²) in [4.78, 5) is 35.1. The molecule has 1 aromatic heterocycles. The zero-order valence-electron chi connectivity index (χ0n) is 32.7. The van der Waals surface area contributed by atoms with Crippen molar-refractivity contribution in [1.29, 1.82) is 0 Å². The molecule has 50 heavy (non-hydrogen) atoms. The number of allylic oxidation sites excluding steroid dienone is 2. The van der Waals surface area contributed by atoms with Crippen LogP contribution in [0.3, 0.4) is 0 Å². The number of ether oxygens (including phenoxy) is 3. The van der Waals surface area contributed by atoms with Crippen molar-refractivity contribution in [3.8, 4) is 0 Å². The third-order valence-electron chi connectivity index (χ3n) is 10.6. The second-order valence-corrected chi connectivity index (χ2v) is 20.1. The van der Waals surface area contributed by atoms with Gasteiger partial charge in [0.25, 0.3) is 0 Å². The van der Waals surface area contributed by atoms with Crippen LogP contribution in [-0.4, -0.2) is 45.3 Å². The zero-order chi connectivity index (χ0) is 37.8. The number of hydrogen-bond acceptors (Lipinski definition) is 7. The van der Waals surface area contributed by atoms with Crippen molar-refractivity contribution < 1.29 is 28.2 Å². The largest absolute Gasteiger partial charge is 0.445 e. The van der Waals surface area contributed by atoms with Gasteiger partial charge in [0.2, 0.25) is 0 Å². The van der Waals surface area contributed by atoms with Crippen LogP contribution in [0.1, 0.15) is 87.1 Å². The van der Waals surface area contributed by atoms with Gasteiger partial charge in [-0.05, 0) is 79.8 Å². The van der Waals surface area contributed by atoms with Crippen LogP contribution in [0, 0.1) is 35.5 Å². The van der Waals surface area contributed by atoms with Gasteiger partial charge in [-0.15, -0.1) is 0 Å². The molecule has 1 heterocycles. The highest BCUT2D eigenvalue weighted by atomic mass is 28.4. The molecule has 0 aliphatic heterocycles. The molecule has 0 saturated carbocycles. The molecule has 1 amide bonds. The van der Waals surface area contributed by atoms with E-state index in [4.69, 9.17) is 24.4 Å². The number of primary amides is 1. The Morgan fingerprint density at radius 2 is 1.66 bits per heavy atom. The molecular weight excluding hydrogens is 647 g/mol. The minimum atomic E-state index is -2.52. The Labute approximate surface area is 302 Å². The van der Waals surface area contributed by atoms with E-state index >= 15 is 0 Å². The molecule has 0 aliphatic carbocycles. The molecule has 0 radical (unpaired) electrons. The zero-order valence-corrected chi connectivity index (χ0v) is 33.7. The van der Waals surface area contributed by atoms with E-state index in [9.17, 15) is 14.4 Å². The lowest BCUT2D eigenvalue weighted by Crippen LogP contribution is -2.44. The van der Waals surface area contributed by atoms with Crippen molar-refractivity contribution in [3.05, 3.63) is 76.2 Å². The summed E-state index contributed by atoms with van der Waals surface area (Å²) >= 11 is 0. The number of benzene rings is 1. The highest BCUT2D eigenvalue weighted by molar-refractivity contribution is 6.72. The quantitative estimate of drug-likeness (QED) is 0.0607. The molecule has 2 aromatic rings. The molecule has 8 atom stereocenters. The molecule has 2 rings (SSSR count). The first-order valence-electron chi connectivity index (χ1n) is 18.2. The smallest absolute Gasteiger partial charge is 0.404 e. The second kappa shape index (κ2) is 19.6. The number of nitrogens with two attached hydrogens (primary N) is 1. The third-order valence-corrected chi connectivity index (χ3v) is 14.1. The molecule has 0 spiro atoms. The van der Waals surface area contributed by atoms with E-state index in [0.29, 0.717) is 5.58 Å². The fourth-order valence-electron chi connectivity index (χ4n) is 7.03. The normalized spacial score (nSPS) is 18.1. The summed E-state index contributed by atoms with van der Waals surface area (Å²) in [6, 6.07) is 9.02. The van der Waals surface area contributed by atoms with Crippen molar-refractivity contribution in [2.75, 3.05) is 13.9 Å².